The number of nitrogens with zero attached hydrogens (tertiary/aromatic N) is 1. The minimum absolute atomic E-state index is 0.0578. The first-order chi connectivity index (χ1) is 14.9. The maximum absolute atomic E-state index is 14.2. The van der Waals surface area contributed by atoms with Crippen LogP contribution in [0.15, 0.2) is 59.1 Å². The summed E-state index contributed by atoms with van der Waals surface area (Å²) in [5.74, 6) is -1.28. The van der Waals surface area contributed by atoms with Crippen molar-refractivity contribution in [2.24, 2.45) is 17.3 Å². The van der Waals surface area contributed by atoms with E-state index in [1.807, 2.05) is 26.0 Å². The van der Waals surface area contributed by atoms with E-state index >= 15 is 0 Å². The van der Waals surface area contributed by atoms with Crippen LogP contribution in [0.5, 0.6) is 11.5 Å². The fraction of sp³-hybridized carbons (Fsp3) is 0.333. The second-order valence-electron chi connectivity index (χ2n) is 7.45. The van der Waals surface area contributed by atoms with Crippen LogP contribution in [-0.4, -0.2) is 5.97 Å². The fourth-order valence-corrected chi connectivity index (χ4v) is 4.47. The summed E-state index contributed by atoms with van der Waals surface area (Å²) < 4.78 is 25.5. The van der Waals surface area contributed by atoms with Gasteiger partial charge in [0.05, 0.1) is 5.92 Å². The topological polar surface area (TPSA) is 59.3 Å². The van der Waals surface area contributed by atoms with Crippen LogP contribution in [-0.2, 0) is 9.53 Å². The van der Waals surface area contributed by atoms with E-state index in [-0.39, 0.29) is 21.6 Å². The zero-order valence-corrected chi connectivity index (χ0v) is 18.7. The SMILES string of the molecule is CCC1(CC)C(C=C(Cl)Cl)C1C(=O)OC(C#N)c1ccc(F)c(Oc2ccccc2)c1. The highest BCUT2D eigenvalue weighted by Crippen LogP contribution is 2.65. The van der Waals surface area contributed by atoms with Crippen LogP contribution >= 0.6 is 23.2 Å². The molecule has 7 heteroatoms. The highest BCUT2D eigenvalue weighted by Gasteiger charge is 2.65. The fourth-order valence-electron chi connectivity index (χ4n) is 4.20. The standard InChI is InChI=1S/C24H22Cl2FNO3/c1-3-24(4-2)17(13-21(25)26)22(24)23(29)31-20(14-28)15-10-11-18(27)19(12-15)30-16-8-6-5-7-9-16/h5-13,17,20,22H,3-4H2,1-2H3. The lowest BCUT2D eigenvalue weighted by Gasteiger charge is -2.15. The maximum atomic E-state index is 14.2. The zero-order chi connectivity index (χ0) is 22.6. The number of allylic oxidation sites excluding steroid dienone is 1. The van der Waals surface area contributed by atoms with Gasteiger partial charge in [0.15, 0.2) is 11.6 Å². The van der Waals surface area contributed by atoms with Crippen LogP contribution in [0.25, 0.3) is 0 Å². The third kappa shape index (κ3) is 4.87. The van der Waals surface area contributed by atoms with E-state index in [2.05, 4.69) is 0 Å². The van der Waals surface area contributed by atoms with Gasteiger partial charge in [-0.25, -0.2) is 4.39 Å². The average molecular weight is 462 g/mol. The van der Waals surface area contributed by atoms with Crippen molar-refractivity contribution >= 4 is 29.2 Å². The van der Waals surface area contributed by atoms with Crippen LogP contribution in [0.3, 0.4) is 0 Å². The Morgan fingerprint density at radius 1 is 1.23 bits per heavy atom. The smallest absolute Gasteiger partial charge is 0.311 e. The molecule has 31 heavy (non-hydrogen) atoms. The predicted molar refractivity (Wildman–Crippen MR) is 117 cm³/mol. The number of carbonyl (C=O) groups is 1. The van der Waals surface area contributed by atoms with Crippen LogP contribution in [0, 0.1) is 34.4 Å². The average Bonchev–Trinajstić information content (AvgIpc) is 3.40. The summed E-state index contributed by atoms with van der Waals surface area (Å²) in [6, 6.07) is 14.6. The van der Waals surface area contributed by atoms with Crippen molar-refractivity contribution in [3.05, 3.63) is 70.5 Å². The van der Waals surface area contributed by atoms with E-state index < -0.39 is 23.8 Å². The molecule has 1 aliphatic rings. The number of halogens is 3. The Balaban J connectivity index is 1.80. The zero-order valence-electron chi connectivity index (χ0n) is 17.1. The minimum Gasteiger partial charge on any atom is -0.454 e. The van der Waals surface area contributed by atoms with Gasteiger partial charge in [0, 0.05) is 5.56 Å². The van der Waals surface area contributed by atoms with Crippen molar-refractivity contribution in [2.75, 3.05) is 0 Å². The largest absolute Gasteiger partial charge is 0.454 e. The molecule has 2 aromatic carbocycles. The normalized spacial score (nSPS) is 19.6. The Morgan fingerprint density at radius 3 is 2.48 bits per heavy atom. The molecule has 0 saturated heterocycles. The lowest BCUT2D eigenvalue weighted by Crippen LogP contribution is -2.16. The molecule has 0 N–H and O–H groups in total. The summed E-state index contributed by atoms with van der Waals surface area (Å²) in [4.78, 5) is 12.9. The molecule has 0 bridgehead atoms. The van der Waals surface area contributed by atoms with Gasteiger partial charge in [-0.3, -0.25) is 4.79 Å². The molecule has 0 amide bonds. The number of carbonyl (C=O) groups excluding carboxylic acids is 1. The Labute approximate surface area is 191 Å². The lowest BCUT2D eigenvalue weighted by atomic mass is 9.95. The Hall–Kier alpha value is -2.55. The summed E-state index contributed by atoms with van der Waals surface area (Å²) in [7, 11) is 0. The molecule has 1 fully saturated rings. The molecule has 3 unspecified atom stereocenters. The van der Waals surface area contributed by atoms with Crippen molar-refractivity contribution in [1.82, 2.24) is 0 Å². The quantitative estimate of drug-likeness (QED) is 0.393. The Morgan fingerprint density at radius 2 is 1.90 bits per heavy atom. The van der Waals surface area contributed by atoms with Gasteiger partial charge >= 0.3 is 5.97 Å². The number of rotatable bonds is 8. The molecule has 0 aromatic heterocycles. The maximum Gasteiger partial charge on any atom is 0.311 e. The lowest BCUT2D eigenvalue weighted by molar-refractivity contribution is -0.149. The van der Waals surface area contributed by atoms with Crippen LogP contribution < -0.4 is 4.74 Å². The second-order valence-corrected chi connectivity index (χ2v) is 8.46. The first-order valence-corrected chi connectivity index (χ1v) is 10.8. The van der Waals surface area contributed by atoms with E-state index in [1.165, 1.54) is 18.2 Å². The number of para-hydroxylation sites is 1. The predicted octanol–water partition coefficient (Wildman–Crippen LogP) is 7.10. The summed E-state index contributed by atoms with van der Waals surface area (Å²) >= 11 is 11.6. The van der Waals surface area contributed by atoms with Gasteiger partial charge in [-0.2, -0.15) is 5.26 Å². The third-order valence-electron chi connectivity index (χ3n) is 5.99. The number of hydrogen-bond donors (Lipinski definition) is 0. The van der Waals surface area contributed by atoms with Gasteiger partial charge in [-0.15, -0.1) is 0 Å². The summed E-state index contributed by atoms with van der Waals surface area (Å²) in [6.07, 6.45) is 1.95. The van der Waals surface area contributed by atoms with Gasteiger partial charge < -0.3 is 9.47 Å². The molecule has 1 saturated carbocycles. The van der Waals surface area contributed by atoms with Crippen molar-refractivity contribution in [2.45, 2.75) is 32.8 Å². The molecule has 1 aliphatic carbocycles. The molecule has 3 atom stereocenters. The van der Waals surface area contributed by atoms with Crippen molar-refractivity contribution < 1.29 is 18.7 Å². The van der Waals surface area contributed by atoms with Gasteiger partial charge in [0.25, 0.3) is 0 Å². The molecular formula is C24H22Cl2FNO3. The number of ether oxygens (including phenoxy) is 2. The first kappa shape index (κ1) is 23.1. The molecule has 0 spiro atoms. The van der Waals surface area contributed by atoms with Crippen LogP contribution in [0.1, 0.15) is 38.4 Å². The van der Waals surface area contributed by atoms with Crippen LogP contribution in [0.4, 0.5) is 4.39 Å². The van der Waals surface area contributed by atoms with Crippen molar-refractivity contribution in [1.29, 1.82) is 5.26 Å². The van der Waals surface area contributed by atoms with Gasteiger partial charge in [-0.1, -0.05) is 61.3 Å². The molecule has 162 valence electrons. The molecule has 0 radical (unpaired) electrons. The van der Waals surface area contributed by atoms with Gasteiger partial charge in [-0.05, 0) is 54.5 Å². The Kier molecular flexibility index (Phi) is 7.25. The molecule has 2 aromatic rings. The van der Waals surface area contributed by atoms with E-state index in [0.29, 0.717) is 11.3 Å². The van der Waals surface area contributed by atoms with E-state index in [9.17, 15) is 14.4 Å². The van der Waals surface area contributed by atoms with E-state index in [1.54, 1.807) is 30.3 Å². The van der Waals surface area contributed by atoms with Gasteiger partial charge in [0.2, 0.25) is 6.10 Å². The number of hydrogen-bond acceptors (Lipinski definition) is 4. The van der Waals surface area contributed by atoms with Gasteiger partial charge in [0.1, 0.15) is 16.3 Å². The number of benzene rings is 2. The molecule has 4 nitrogen and oxygen atoms in total. The van der Waals surface area contributed by atoms with Crippen LogP contribution in [0.2, 0.25) is 0 Å². The summed E-state index contributed by atoms with van der Waals surface area (Å²) in [5.41, 5.74) is 0.0288. The molecule has 0 aliphatic heterocycles. The van der Waals surface area contributed by atoms with E-state index in [0.717, 1.165) is 12.8 Å². The van der Waals surface area contributed by atoms with Crippen molar-refractivity contribution in [3.63, 3.8) is 0 Å². The van der Waals surface area contributed by atoms with Crippen molar-refractivity contribution in [3.8, 4) is 17.6 Å². The Bertz CT molecular complexity index is 1010. The third-order valence-corrected chi connectivity index (χ3v) is 6.24. The molecule has 0 heterocycles. The minimum atomic E-state index is -1.20. The highest BCUT2D eigenvalue weighted by atomic mass is 35.5. The molecular weight excluding hydrogens is 440 g/mol. The number of nitriles is 1. The number of esters is 1. The van der Waals surface area contributed by atoms with E-state index in [4.69, 9.17) is 32.7 Å². The second kappa shape index (κ2) is 9.72. The highest BCUT2D eigenvalue weighted by molar-refractivity contribution is 6.55. The molecule has 3 rings (SSSR count). The monoisotopic (exact) mass is 461 g/mol. The first-order valence-electron chi connectivity index (χ1n) is 10.0. The summed E-state index contributed by atoms with van der Waals surface area (Å²) in [5, 5.41) is 9.62. The summed E-state index contributed by atoms with van der Waals surface area (Å²) in [6.45, 7) is 3.99.